The van der Waals surface area contributed by atoms with E-state index in [1.54, 1.807) is 0 Å². The highest BCUT2D eigenvalue weighted by molar-refractivity contribution is 5.54. The van der Waals surface area contributed by atoms with Gasteiger partial charge in [-0.3, -0.25) is 0 Å². The number of halogens is 2. The first-order chi connectivity index (χ1) is 10.6. The molecule has 5 nitrogen and oxygen atoms in total. The lowest BCUT2D eigenvalue weighted by Crippen LogP contribution is -2.45. The van der Waals surface area contributed by atoms with Crippen molar-refractivity contribution in [2.75, 3.05) is 39.8 Å². The first-order valence-corrected chi connectivity index (χ1v) is 7.31. The molecule has 1 saturated heterocycles. The van der Waals surface area contributed by atoms with Crippen molar-refractivity contribution in [1.82, 2.24) is 19.9 Å². The van der Waals surface area contributed by atoms with Gasteiger partial charge in [-0.2, -0.15) is 4.98 Å². The van der Waals surface area contributed by atoms with Crippen LogP contribution in [0.4, 0.5) is 8.78 Å². The standard InChI is InChI=1S/C15H18F2N4O/c1-20-6-8-21(9-7-20)5-4-14-18-15(19-22-14)11-2-3-12(16)13(17)10-11/h2-3,10H,4-9H2,1H3. The predicted molar refractivity (Wildman–Crippen MR) is 77.3 cm³/mol. The van der Waals surface area contributed by atoms with E-state index in [1.807, 2.05) is 0 Å². The lowest BCUT2D eigenvalue weighted by molar-refractivity contribution is 0.152. The highest BCUT2D eigenvalue weighted by Gasteiger charge is 2.16. The summed E-state index contributed by atoms with van der Waals surface area (Å²) in [6.45, 7) is 5.03. The van der Waals surface area contributed by atoms with Crippen LogP contribution in [0, 0.1) is 11.6 Å². The summed E-state index contributed by atoms with van der Waals surface area (Å²) in [5.41, 5.74) is 0.411. The average molecular weight is 308 g/mol. The fourth-order valence-corrected chi connectivity index (χ4v) is 2.43. The highest BCUT2D eigenvalue weighted by Crippen LogP contribution is 2.18. The molecule has 0 N–H and O–H groups in total. The Morgan fingerprint density at radius 1 is 1.14 bits per heavy atom. The molecule has 0 bridgehead atoms. The molecule has 7 heteroatoms. The second-order valence-electron chi connectivity index (χ2n) is 5.54. The van der Waals surface area contributed by atoms with Crippen LogP contribution in [0.25, 0.3) is 11.4 Å². The van der Waals surface area contributed by atoms with Crippen LogP contribution in [0.1, 0.15) is 5.89 Å². The summed E-state index contributed by atoms with van der Waals surface area (Å²) >= 11 is 0. The van der Waals surface area contributed by atoms with Gasteiger partial charge < -0.3 is 14.3 Å². The third-order valence-electron chi connectivity index (χ3n) is 3.88. The summed E-state index contributed by atoms with van der Waals surface area (Å²) in [4.78, 5) is 8.89. The molecule has 0 amide bonds. The monoisotopic (exact) mass is 308 g/mol. The minimum absolute atomic E-state index is 0.285. The Labute approximate surface area is 127 Å². The molecule has 3 rings (SSSR count). The van der Waals surface area contributed by atoms with E-state index in [9.17, 15) is 8.78 Å². The number of piperazine rings is 1. The van der Waals surface area contributed by atoms with E-state index in [2.05, 4.69) is 27.0 Å². The van der Waals surface area contributed by atoms with Gasteiger partial charge in [0.2, 0.25) is 11.7 Å². The number of aromatic nitrogens is 2. The van der Waals surface area contributed by atoms with Gasteiger partial charge in [-0.05, 0) is 25.2 Å². The molecule has 1 fully saturated rings. The van der Waals surface area contributed by atoms with E-state index in [0.717, 1.165) is 44.9 Å². The summed E-state index contributed by atoms with van der Waals surface area (Å²) in [5, 5.41) is 3.83. The number of hydrogen-bond acceptors (Lipinski definition) is 5. The van der Waals surface area contributed by atoms with Crippen LogP contribution in [0.3, 0.4) is 0 Å². The van der Waals surface area contributed by atoms with Crippen LogP contribution >= 0.6 is 0 Å². The van der Waals surface area contributed by atoms with Gasteiger partial charge in [0.1, 0.15) is 0 Å². The Morgan fingerprint density at radius 2 is 1.91 bits per heavy atom. The molecule has 22 heavy (non-hydrogen) atoms. The molecule has 2 aromatic rings. The number of nitrogens with zero attached hydrogens (tertiary/aromatic N) is 4. The van der Waals surface area contributed by atoms with Crippen molar-refractivity contribution in [2.24, 2.45) is 0 Å². The van der Waals surface area contributed by atoms with Crippen LogP contribution in [0.15, 0.2) is 22.7 Å². The van der Waals surface area contributed by atoms with E-state index in [4.69, 9.17) is 4.52 Å². The van der Waals surface area contributed by atoms with Crippen molar-refractivity contribution >= 4 is 0 Å². The summed E-state index contributed by atoms with van der Waals surface area (Å²) in [6.07, 6.45) is 0.653. The Kier molecular flexibility index (Phi) is 4.44. The molecule has 118 valence electrons. The zero-order valence-corrected chi connectivity index (χ0v) is 12.4. The summed E-state index contributed by atoms with van der Waals surface area (Å²) in [6, 6.07) is 3.57. The molecular weight excluding hydrogens is 290 g/mol. The van der Waals surface area contributed by atoms with Crippen LogP contribution in [0.5, 0.6) is 0 Å². The number of rotatable bonds is 4. The molecule has 1 aromatic heterocycles. The first-order valence-electron chi connectivity index (χ1n) is 7.31. The largest absolute Gasteiger partial charge is 0.339 e. The lowest BCUT2D eigenvalue weighted by Gasteiger charge is -2.31. The van der Waals surface area contributed by atoms with Gasteiger partial charge in [-0.15, -0.1) is 0 Å². The third-order valence-corrected chi connectivity index (χ3v) is 3.88. The Hall–Kier alpha value is -1.86. The molecular formula is C15H18F2N4O. The van der Waals surface area contributed by atoms with Gasteiger partial charge >= 0.3 is 0 Å². The van der Waals surface area contributed by atoms with Gasteiger partial charge in [0.25, 0.3) is 0 Å². The van der Waals surface area contributed by atoms with Gasteiger partial charge in [0.15, 0.2) is 11.6 Å². The molecule has 0 aliphatic carbocycles. The van der Waals surface area contributed by atoms with Crippen LogP contribution in [0.2, 0.25) is 0 Å². The molecule has 1 aliphatic heterocycles. The fraction of sp³-hybridized carbons (Fsp3) is 0.467. The van der Waals surface area contributed by atoms with Crippen molar-refractivity contribution in [2.45, 2.75) is 6.42 Å². The maximum atomic E-state index is 13.2. The van der Waals surface area contributed by atoms with Crippen molar-refractivity contribution in [3.63, 3.8) is 0 Å². The van der Waals surface area contributed by atoms with E-state index < -0.39 is 11.6 Å². The zero-order chi connectivity index (χ0) is 15.5. The number of hydrogen-bond donors (Lipinski definition) is 0. The quantitative estimate of drug-likeness (QED) is 0.862. The van der Waals surface area contributed by atoms with Crippen molar-refractivity contribution < 1.29 is 13.3 Å². The summed E-state index contributed by atoms with van der Waals surface area (Å²) in [7, 11) is 2.11. The van der Waals surface area contributed by atoms with Gasteiger partial charge in [0.05, 0.1) is 0 Å². The Balaban J connectivity index is 1.60. The smallest absolute Gasteiger partial charge is 0.228 e. The second kappa shape index (κ2) is 6.50. The number of likely N-dealkylation sites (N-methyl/N-ethyl adjacent to an activating group) is 1. The third kappa shape index (κ3) is 3.48. The SMILES string of the molecule is CN1CCN(CCc2nc(-c3ccc(F)c(F)c3)no2)CC1. The van der Waals surface area contributed by atoms with E-state index >= 15 is 0 Å². The first kappa shape index (κ1) is 15.1. The van der Waals surface area contributed by atoms with Crippen molar-refractivity contribution in [3.05, 3.63) is 35.7 Å². The normalized spacial score (nSPS) is 17.0. The molecule has 0 unspecified atom stereocenters. The van der Waals surface area contributed by atoms with Gasteiger partial charge in [0, 0.05) is 44.7 Å². The van der Waals surface area contributed by atoms with Crippen molar-refractivity contribution in [1.29, 1.82) is 0 Å². The zero-order valence-electron chi connectivity index (χ0n) is 12.4. The molecule has 1 aliphatic rings. The fourth-order valence-electron chi connectivity index (χ4n) is 2.43. The Morgan fingerprint density at radius 3 is 2.64 bits per heavy atom. The molecule has 1 aromatic carbocycles. The molecule has 0 spiro atoms. The van der Waals surface area contributed by atoms with E-state index in [0.29, 0.717) is 17.9 Å². The van der Waals surface area contributed by atoms with E-state index in [-0.39, 0.29) is 5.82 Å². The maximum Gasteiger partial charge on any atom is 0.228 e. The second-order valence-corrected chi connectivity index (χ2v) is 5.54. The summed E-state index contributed by atoms with van der Waals surface area (Å²) in [5.74, 6) is -1.00. The van der Waals surface area contributed by atoms with Crippen molar-refractivity contribution in [3.8, 4) is 11.4 Å². The average Bonchev–Trinajstić information content (AvgIpc) is 2.98. The number of benzene rings is 1. The molecule has 0 saturated carbocycles. The van der Waals surface area contributed by atoms with Gasteiger partial charge in [-0.25, -0.2) is 8.78 Å². The highest BCUT2D eigenvalue weighted by atomic mass is 19.2. The minimum atomic E-state index is -0.915. The summed E-state index contributed by atoms with van der Waals surface area (Å²) < 4.78 is 31.3. The van der Waals surface area contributed by atoms with Gasteiger partial charge in [-0.1, -0.05) is 5.16 Å². The lowest BCUT2D eigenvalue weighted by atomic mass is 10.2. The van der Waals surface area contributed by atoms with E-state index in [1.165, 1.54) is 6.07 Å². The maximum absolute atomic E-state index is 13.2. The molecule has 0 radical (unpaired) electrons. The van der Waals surface area contributed by atoms with Crippen LogP contribution in [-0.2, 0) is 6.42 Å². The molecule has 0 atom stereocenters. The Bertz CT molecular complexity index is 638. The van der Waals surface area contributed by atoms with Crippen LogP contribution in [-0.4, -0.2) is 59.7 Å². The topological polar surface area (TPSA) is 45.4 Å². The minimum Gasteiger partial charge on any atom is -0.339 e. The predicted octanol–water partition coefficient (Wildman–Crippen LogP) is 1.80. The molecule has 2 heterocycles. The van der Waals surface area contributed by atoms with Crippen LogP contribution < -0.4 is 0 Å².